The van der Waals surface area contributed by atoms with Crippen molar-refractivity contribution in [1.29, 1.82) is 0 Å². The van der Waals surface area contributed by atoms with Gasteiger partial charge < -0.3 is 19.2 Å². The van der Waals surface area contributed by atoms with Crippen LogP contribution in [0.5, 0.6) is 0 Å². The molecular weight excluding hydrogens is 437 g/mol. The summed E-state index contributed by atoms with van der Waals surface area (Å²) in [7, 11) is 0. The number of nitrogens with zero attached hydrogens (tertiary/aromatic N) is 3. The summed E-state index contributed by atoms with van der Waals surface area (Å²) in [6, 6.07) is 13.3. The molecule has 0 unspecified atom stereocenters. The zero-order valence-electron chi connectivity index (χ0n) is 18.9. The molecule has 0 aliphatic carbocycles. The molecule has 1 aliphatic heterocycles. The highest BCUT2D eigenvalue weighted by atomic mass is 19.1. The zero-order valence-corrected chi connectivity index (χ0v) is 18.9. The van der Waals surface area contributed by atoms with Gasteiger partial charge in [-0.25, -0.2) is 14.4 Å². The number of aliphatic hydroxyl groups is 1. The number of hydrogen-bond donors (Lipinski definition) is 1. The number of morpholine rings is 1. The normalized spacial score (nSPS) is 14.5. The molecule has 1 amide bonds. The maximum atomic E-state index is 14.3. The number of fused-ring (bicyclic) bond motifs is 1. The Morgan fingerprint density at radius 3 is 2.47 bits per heavy atom. The van der Waals surface area contributed by atoms with Crippen LogP contribution in [0.4, 0.5) is 4.39 Å². The smallest absolute Gasteiger partial charge is 0.254 e. The van der Waals surface area contributed by atoms with E-state index < -0.39 is 11.4 Å². The molecule has 1 N–H and O–H groups in total. The third-order valence-electron chi connectivity index (χ3n) is 5.90. The lowest BCUT2D eigenvalue weighted by Gasteiger charge is -2.26. The van der Waals surface area contributed by atoms with Crippen molar-refractivity contribution >= 4 is 17.0 Å². The van der Waals surface area contributed by atoms with Gasteiger partial charge in [0.25, 0.3) is 5.91 Å². The first-order valence-electron chi connectivity index (χ1n) is 11.1. The van der Waals surface area contributed by atoms with E-state index in [0.29, 0.717) is 65.5 Å². The highest BCUT2D eigenvalue weighted by Gasteiger charge is 2.21. The fraction of sp³-hybridized carbons (Fsp3) is 0.269. The van der Waals surface area contributed by atoms with E-state index in [1.165, 1.54) is 18.5 Å². The standard InChI is InChI=1S/C26H24FN3O4/c1-26(2,32)19-11-18(12-20(27)13-19)23-24-21(28-15-29-23)14-22(34-24)16-3-5-17(6-4-16)25(31)30-7-9-33-10-8-30/h3-6,11-15,32H,7-10H2,1-2H3. The van der Waals surface area contributed by atoms with Crippen LogP contribution in [-0.2, 0) is 10.3 Å². The van der Waals surface area contributed by atoms with Gasteiger partial charge in [0, 0.05) is 35.8 Å². The van der Waals surface area contributed by atoms with Crippen LogP contribution < -0.4 is 0 Å². The summed E-state index contributed by atoms with van der Waals surface area (Å²) in [6.45, 7) is 5.46. The van der Waals surface area contributed by atoms with E-state index in [9.17, 15) is 14.3 Å². The first-order valence-corrected chi connectivity index (χ1v) is 11.1. The largest absolute Gasteiger partial charge is 0.452 e. The van der Waals surface area contributed by atoms with Crippen LogP contribution in [0.1, 0.15) is 29.8 Å². The maximum Gasteiger partial charge on any atom is 0.254 e. The minimum atomic E-state index is -1.21. The lowest BCUT2D eigenvalue weighted by Crippen LogP contribution is -2.40. The predicted octanol–water partition coefficient (Wildman–Crippen LogP) is 4.40. The molecule has 0 saturated carbocycles. The second-order valence-electron chi connectivity index (χ2n) is 8.82. The summed E-state index contributed by atoms with van der Waals surface area (Å²) >= 11 is 0. The fourth-order valence-electron chi connectivity index (χ4n) is 4.01. The summed E-state index contributed by atoms with van der Waals surface area (Å²) in [5.41, 5.74) is 2.50. The van der Waals surface area contributed by atoms with Gasteiger partial charge in [-0.2, -0.15) is 0 Å². The molecule has 5 rings (SSSR count). The summed E-state index contributed by atoms with van der Waals surface area (Å²) in [5.74, 6) is 0.0521. The highest BCUT2D eigenvalue weighted by molar-refractivity contribution is 5.95. The van der Waals surface area contributed by atoms with Gasteiger partial charge in [0.15, 0.2) is 5.58 Å². The van der Waals surface area contributed by atoms with Gasteiger partial charge in [0.1, 0.15) is 29.1 Å². The summed E-state index contributed by atoms with van der Waals surface area (Å²) < 4.78 is 25.7. The van der Waals surface area contributed by atoms with Crippen LogP contribution in [0.15, 0.2) is 59.3 Å². The van der Waals surface area contributed by atoms with E-state index in [1.807, 2.05) is 12.1 Å². The van der Waals surface area contributed by atoms with E-state index >= 15 is 0 Å². The second-order valence-corrected chi connectivity index (χ2v) is 8.82. The number of carbonyl (C=O) groups excluding carboxylic acids is 1. The highest BCUT2D eigenvalue weighted by Crippen LogP contribution is 2.34. The van der Waals surface area contributed by atoms with Gasteiger partial charge in [-0.05, 0) is 49.7 Å². The molecule has 0 spiro atoms. The molecule has 0 atom stereocenters. The quantitative estimate of drug-likeness (QED) is 0.485. The van der Waals surface area contributed by atoms with Crippen LogP contribution in [0, 0.1) is 5.82 Å². The Hall–Kier alpha value is -3.62. The fourth-order valence-corrected chi connectivity index (χ4v) is 4.01. The summed E-state index contributed by atoms with van der Waals surface area (Å²) in [4.78, 5) is 23.1. The Morgan fingerprint density at radius 2 is 1.76 bits per heavy atom. The molecule has 1 saturated heterocycles. The second kappa shape index (κ2) is 8.62. The molecule has 8 heteroatoms. The molecule has 0 bridgehead atoms. The average molecular weight is 461 g/mol. The van der Waals surface area contributed by atoms with Gasteiger partial charge in [-0.3, -0.25) is 4.79 Å². The predicted molar refractivity (Wildman–Crippen MR) is 125 cm³/mol. The van der Waals surface area contributed by atoms with E-state index in [-0.39, 0.29) is 5.91 Å². The van der Waals surface area contributed by atoms with E-state index in [1.54, 1.807) is 43.0 Å². The molecule has 4 aromatic rings. The third-order valence-corrected chi connectivity index (χ3v) is 5.90. The number of rotatable bonds is 4. The zero-order chi connectivity index (χ0) is 23.9. The molecule has 1 fully saturated rings. The summed E-state index contributed by atoms with van der Waals surface area (Å²) in [5, 5.41) is 10.3. The molecule has 0 radical (unpaired) electrons. The van der Waals surface area contributed by atoms with Gasteiger partial charge in [-0.1, -0.05) is 12.1 Å². The average Bonchev–Trinajstić information content (AvgIpc) is 3.28. The Labute approximate surface area is 195 Å². The number of aromatic nitrogens is 2. The van der Waals surface area contributed by atoms with Crippen LogP contribution in [-0.4, -0.2) is 52.2 Å². The van der Waals surface area contributed by atoms with Gasteiger partial charge in [0.05, 0.1) is 18.8 Å². The van der Waals surface area contributed by atoms with Crippen molar-refractivity contribution in [2.24, 2.45) is 0 Å². The van der Waals surface area contributed by atoms with Crippen molar-refractivity contribution in [3.8, 4) is 22.6 Å². The minimum Gasteiger partial charge on any atom is -0.452 e. The minimum absolute atomic E-state index is 0.0266. The molecular formula is C26H24FN3O4. The van der Waals surface area contributed by atoms with Crippen molar-refractivity contribution in [2.75, 3.05) is 26.3 Å². The molecule has 34 heavy (non-hydrogen) atoms. The lowest BCUT2D eigenvalue weighted by atomic mass is 9.95. The number of benzene rings is 2. The van der Waals surface area contributed by atoms with Crippen LogP contribution in [0.3, 0.4) is 0 Å². The Balaban J connectivity index is 1.49. The van der Waals surface area contributed by atoms with Gasteiger partial charge in [-0.15, -0.1) is 0 Å². The number of furan rings is 1. The number of hydrogen-bond acceptors (Lipinski definition) is 6. The monoisotopic (exact) mass is 461 g/mol. The topological polar surface area (TPSA) is 88.7 Å². The van der Waals surface area contributed by atoms with Crippen molar-refractivity contribution in [3.63, 3.8) is 0 Å². The van der Waals surface area contributed by atoms with Crippen molar-refractivity contribution in [3.05, 3.63) is 71.8 Å². The molecule has 1 aliphatic rings. The molecule has 7 nitrogen and oxygen atoms in total. The molecule has 174 valence electrons. The molecule has 2 aromatic carbocycles. The Morgan fingerprint density at radius 1 is 1.03 bits per heavy atom. The van der Waals surface area contributed by atoms with Crippen LogP contribution in [0.25, 0.3) is 33.7 Å². The first kappa shape index (κ1) is 22.2. The van der Waals surface area contributed by atoms with Crippen molar-refractivity contribution < 1.29 is 23.4 Å². The van der Waals surface area contributed by atoms with Crippen LogP contribution in [0.2, 0.25) is 0 Å². The molecule has 2 aromatic heterocycles. The van der Waals surface area contributed by atoms with E-state index in [4.69, 9.17) is 9.15 Å². The Bertz CT molecular complexity index is 1350. The van der Waals surface area contributed by atoms with E-state index in [0.717, 1.165) is 5.56 Å². The van der Waals surface area contributed by atoms with Gasteiger partial charge >= 0.3 is 0 Å². The first-order chi connectivity index (χ1) is 16.3. The Kier molecular flexibility index (Phi) is 5.63. The lowest BCUT2D eigenvalue weighted by molar-refractivity contribution is 0.0303. The van der Waals surface area contributed by atoms with Crippen molar-refractivity contribution in [2.45, 2.75) is 19.4 Å². The summed E-state index contributed by atoms with van der Waals surface area (Å²) in [6.07, 6.45) is 1.40. The third kappa shape index (κ3) is 4.30. The van der Waals surface area contributed by atoms with Crippen molar-refractivity contribution in [1.82, 2.24) is 14.9 Å². The van der Waals surface area contributed by atoms with Crippen LogP contribution >= 0.6 is 0 Å². The van der Waals surface area contributed by atoms with Gasteiger partial charge in [0.2, 0.25) is 0 Å². The SMILES string of the molecule is CC(C)(O)c1cc(F)cc(-c2ncnc3cc(-c4ccc(C(=O)N5CCOCC5)cc4)oc23)c1. The van der Waals surface area contributed by atoms with E-state index in [2.05, 4.69) is 9.97 Å². The number of amides is 1. The number of carbonyl (C=O) groups is 1. The maximum absolute atomic E-state index is 14.3. The number of halogens is 1. The number of ether oxygens (including phenoxy) is 1. The molecule has 3 heterocycles.